The van der Waals surface area contributed by atoms with Gasteiger partial charge in [0.2, 0.25) is 0 Å². The molecule has 0 saturated carbocycles. The van der Waals surface area contributed by atoms with Gasteiger partial charge in [0, 0.05) is 18.7 Å². The van der Waals surface area contributed by atoms with Crippen molar-refractivity contribution in [3.05, 3.63) is 59.4 Å². The smallest absolute Gasteiger partial charge is 0.272 e. The van der Waals surface area contributed by atoms with Gasteiger partial charge in [0.25, 0.3) is 17.7 Å². The van der Waals surface area contributed by atoms with Crippen molar-refractivity contribution in [2.75, 3.05) is 26.3 Å². The van der Waals surface area contributed by atoms with Gasteiger partial charge in [0.05, 0.1) is 12.2 Å². The van der Waals surface area contributed by atoms with Gasteiger partial charge in [-0.25, -0.2) is 4.39 Å². The van der Waals surface area contributed by atoms with Crippen LogP contribution in [0.3, 0.4) is 0 Å². The molecule has 170 valence electrons. The molecule has 0 bridgehead atoms. The molecule has 3 rings (SSSR count). The third-order valence-corrected chi connectivity index (χ3v) is 4.97. The standard InChI is InChI=1S/C23H26FN3O5/c1-2-31-20-14-16(22(29)25-26-23(30)17-8-4-5-9-18(17)24)10-11-19(20)32-15-21(28)27-12-6-3-7-13-27/h4-5,8-11,14H,2-3,6-7,12-13,15H2,1H3,(H,25,29)(H,26,30). The van der Waals surface area contributed by atoms with Gasteiger partial charge in [-0.3, -0.25) is 25.2 Å². The van der Waals surface area contributed by atoms with Gasteiger partial charge in [-0.1, -0.05) is 12.1 Å². The molecule has 0 radical (unpaired) electrons. The minimum atomic E-state index is -0.780. The van der Waals surface area contributed by atoms with Gasteiger partial charge in [0.1, 0.15) is 5.82 Å². The lowest BCUT2D eigenvalue weighted by Crippen LogP contribution is -2.42. The molecule has 1 saturated heterocycles. The first-order chi connectivity index (χ1) is 15.5. The second-order valence-electron chi connectivity index (χ2n) is 7.21. The topological polar surface area (TPSA) is 97.0 Å². The molecule has 1 heterocycles. The van der Waals surface area contributed by atoms with Gasteiger partial charge in [-0.15, -0.1) is 0 Å². The molecular formula is C23H26FN3O5. The Hall–Kier alpha value is -3.62. The number of carbonyl (C=O) groups is 3. The van der Waals surface area contributed by atoms with Crippen molar-refractivity contribution in [1.29, 1.82) is 0 Å². The Labute approximate surface area is 185 Å². The SMILES string of the molecule is CCOc1cc(C(=O)NNC(=O)c2ccccc2F)ccc1OCC(=O)N1CCCCC1. The minimum absolute atomic E-state index is 0.0928. The van der Waals surface area contributed by atoms with E-state index in [0.717, 1.165) is 38.4 Å². The summed E-state index contributed by atoms with van der Waals surface area (Å²) in [5, 5.41) is 0. The lowest BCUT2D eigenvalue weighted by atomic mass is 10.1. The first-order valence-corrected chi connectivity index (χ1v) is 10.5. The van der Waals surface area contributed by atoms with Crippen LogP contribution in [0.25, 0.3) is 0 Å². The van der Waals surface area contributed by atoms with Crippen molar-refractivity contribution in [3.8, 4) is 11.5 Å². The number of likely N-dealkylation sites (tertiary alicyclic amines) is 1. The highest BCUT2D eigenvalue weighted by molar-refractivity contribution is 5.99. The monoisotopic (exact) mass is 443 g/mol. The fourth-order valence-electron chi connectivity index (χ4n) is 3.31. The first-order valence-electron chi connectivity index (χ1n) is 10.5. The molecule has 2 aromatic carbocycles. The van der Waals surface area contributed by atoms with Crippen molar-refractivity contribution in [2.45, 2.75) is 26.2 Å². The molecule has 2 aromatic rings. The Bertz CT molecular complexity index is 976. The molecule has 1 aliphatic rings. The fraction of sp³-hybridized carbons (Fsp3) is 0.348. The summed E-state index contributed by atoms with van der Waals surface area (Å²) in [5.74, 6) is -1.55. The van der Waals surface area contributed by atoms with Gasteiger partial charge in [-0.2, -0.15) is 0 Å². The average molecular weight is 443 g/mol. The molecule has 0 aromatic heterocycles. The largest absolute Gasteiger partial charge is 0.490 e. The summed E-state index contributed by atoms with van der Waals surface area (Å²) in [4.78, 5) is 38.6. The van der Waals surface area contributed by atoms with E-state index in [1.807, 2.05) is 0 Å². The lowest BCUT2D eigenvalue weighted by Gasteiger charge is -2.26. The van der Waals surface area contributed by atoms with Crippen LogP contribution in [0.4, 0.5) is 4.39 Å². The molecule has 9 heteroatoms. The molecule has 0 atom stereocenters. The summed E-state index contributed by atoms with van der Waals surface area (Å²) in [5.41, 5.74) is 4.43. The third-order valence-electron chi connectivity index (χ3n) is 4.97. The van der Waals surface area contributed by atoms with E-state index in [0.29, 0.717) is 18.1 Å². The molecule has 1 aliphatic heterocycles. The van der Waals surface area contributed by atoms with Crippen LogP contribution in [-0.2, 0) is 4.79 Å². The number of hydrazine groups is 1. The van der Waals surface area contributed by atoms with Crippen LogP contribution >= 0.6 is 0 Å². The zero-order valence-electron chi connectivity index (χ0n) is 17.9. The highest BCUT2D eigenvalue weighted by Gasteiger charge is 2.19. The highest BCUT2D eigenvalue weighted by atomic mass is 19.1. The third kappa shape index (κ3) is 5.96. The van der Waals surface area contributed by atoms with Crippen molar-refractivity contribution >= 4 is 17.7 Å². The van der Waals surface area contributed by atoms with Crippen LogP contribution in [0.1, 0.15) is 46.9 Å². The summed E-state index contributed by atoms with van der Waals surface area (Å²) in [6.07, 6.45) is 3.11. The Morgan fingerprint density at radius 1 is 0.938 bits per heavy atom. The first kappa shape index (κ1) is 23.1. The fourth-order valence-corrected chi connectivity index (χ4v) is 3.31. The predicted molar refractivity (Wildman–Crippen MR) is 115 cm³/mol. The number of halogens is 1. The maximum atomic E-state index is 13.7. The normalized spacial score (nSPS) is 13.2. The van der Waals surface area contributed by atoms with E-state index in [9.17, 15) is 18.8 Å². The summed E-state index contributed by atoms with van der Waals surface area (Å²) < 4.78 is 24.9. The van der Waals surface area contributed by atoms with Crippen LogP contribution in [-0.4, -0.2) is 48.9 Å². The van der Waals surface area contributed by atoms with E-state index in [-0.39, 0.29) is 23.6 Å². The number of hydrogen-bond acceptors (Lipinski definition) is 5. The summed E-state index contributed by atoms with van der Waals surface area (Å²) in [7, 11) is 0. The zero-order valence-corrected chi connectivity index (χ0v) is 17.9. The average Bonchev–Trinajstić information content (AvgIpc) is 2.82. The number of nitrogens with zero attached hydrogens (tertiary/aromatic N) is 1. The highest BCUT2D eigenvalue weighted by Crippen LogP contribution is 2.28. The van der Waals surface area contributed by atoms with Crippen LogP contribution < -0.4 is 20.3 Å². The molecule has 3 amide bonds. The van der Waals surface area contributed by atoms with E-state index in [1.165, 1.54) is 36.4 Å². The molecule has 0 aliphatic carbocycles. The molecule has 32 heavy (non-hydrogen) atoms. The number of hydrogen-bond donors (Lipinski definition) is 2. The van der Waals surface area contributed by atoms with Crippen molar-refractivity contribution in [2.24, 2.45) is 0 Å². The second-order valence-corrected chi connectivity index (χ2v) is 7.21. The Morgan fingerprint density at radius 2 is 1.66 bits per heavy atom. The van der Waals surface area contributed by atoms with E-state index in [2.05, 4.69) is 10.9 Å². The Morgan fingerprint density at radius 3 is 2.38 bits per heavy atom. The van der Waals surface area contributed by atoms with Gasteiger partial charge >= 0.3 is 0 Å². The summed E-state index contributed by atoms with van der Waals surface area (Å²) in [6.45, 7) is 3.45. The van der Waals surface area contributed by atoms with Crippen LogP contribution in [0.15, 0.2) is 42.5 Å². The number of ether oxygens (including phenoxy) is 2. The number of amides is 3. The number of benzene rings is 2. The maximum absolute atomic E-state index is 13.7. The number of carbonyl (C=O) groups excluding carboxylic acids is 3. The van der Waals surface area contributed by atoms with Crippen molar-refractivity contribution < 1.29 is 28.2 Å². The molecule has 0 unspecified atom stereocenters. The van der Waals surface area contributed by atoms with E-state index >= 15 is 0 Å². The summed E-state index contributed by atoms with van der Waals surface area (Å²) in [6, 6.07) is 9.90. The lowest BCUT2D eigenvalue weighted by molar-refractivity contribution is -0.134. The zero-order chi connectivity index (χ0) is 22.9. The van der Waals surface area contributed by atoms with Gasteiger partial charge in [-0.05, 0) is 56.5 Å². The minimum Gasteiger partial charge on any atom is -0.490 e. The van der Waals surface area contributed by atoms with Gasteiger partial charge < -0.3 is 14.4 Å². The second kappa shape index (κ2) is 11.1. The molecular weight excluding hydrogens is 417 g/mol. The number of piperidine rings is 1. The molecule has 8 nitrogen and oxygen atoms in total. The molecule has 1 fully saturated rings. The number of rotatable bonds is 7. The van der Waals surface area contributed by atoms with Crippen molar-refractivity contribution in [1.82, 2.24) is 15.8 Å². The Balaban J connectivity index is 1.61. The van der Waals surface area contributed by atoms with Crippen LogP contribution in [0, 0.1) is 5.82 Å². The number of nitrogens with one attached hydrogen (secondary N) is 2. The van der Waals surface area contributed by atoms with Crippen LogP contribution in [0.2, 0.25) is 0 Å². The molecule has 0 spiro atoms. The maximum Gasteiger partial charge on any atom is 0.272 e. The molecule has 2 N–H and O–H groups in total. The van der Waals surface area contributed by atoms with E-state index < -0.39 is 17.6 Å². The quantitative estimate of drug-likeness (QED) is 0.642. The van der Waals surface area contributed by atoms with Crippen molar-refractivity contribution in [3.63, 3.8) is 0 Å². The van der Waals surface area contributed by atoms with E-state index in [4.69, 9.17) is 9.47 Å². The van der Waals surface area contributed by atoms with Gasteiger partial charge in [0.15, 0.2) is 18.1 Å². The van der Waals surface area contributed by atoms with E-state index in [1.54, 1.807) is 11.8 Å². The Kier molecular flexibility index (Phi) is 8.02. The summed E-state index contributed by atoms with van der Waals surface area (Å²) >= 11 is 0. The van der Waals surface area contributed by atoms with Crippen LogP contribution in [0.5, 0.6) is 11.5 Å². The predicted octanol–water partition coefficient (Wildman–Crippen LogP) is 2.69.